The molecule has 0 aliphatic carbocycles. The van der Waals surface area contributed by atoms with Gasteiger partial charge < -0.3 is 4.85 Å². The van der Waals surface area contributed by atoms with E-state index in [1.807, 2.05) is 0 Å². The smallest absolute Gasteiger partial charge is 0.232 e. The summed E-state index contributed by atoms with van der Waals surface area (Å²) in [7, 11) is 2.69. The molecule has 0 spiro atoms. The molecule has 1 aliphatic heterocycles. The molecule has 1 aliphatic rings. The molecule has 1 fully saturated rings. The number of piperidine rings is 1. The van der Waals surface area contributed by atoms with Crippen molar-refractivity contribution in [1.29, 1.82) is 0 Å². The maximum absolute atomic E-state index is 6.96. The number of rotatable bonds is 0. The van der Waals surface area contributed by atoms with Crippen LogP contribution in [0.2, 0.25) is 0 Å². The van der Waals surface area contributed by atoms with Crippen molar-refractivity contribution >= 4 is 9.39 Å². The molecule has 0 amide bonds. The van der Waals surface area contributed by atoms with Crippen LogP contribution in [0, 0.1) is 6.57 Å². The molecule has 0 aromatic rings. The van der Waals surface area contributed by atoms with Crippen LogP contribution in [0.15, 0.2) is 0 Å². The summed E-state index contributed by atoms with van der Waals surface area (Å²) in [6, 6.07) is 0. The Labute approximate surface area is 64.7 Å². The van der Waals surface area contributed by atoms with Gasteiger partial charge in [-0.2, -0.15) is 0 Å². The third-order valence-corrected chi connectivity index (χ3v) is 2.66. The van der Waals surface area contributed by atoms with Gasteiger partial charge in [-0.25, -0.2) is 6.57 Å². The second-order valence-corrected chi connectivity index (χ2v) is 3.88. The number of nitrogens with zero attached hydrogens (tertiary/aromatic N) is 2. The molecular formula is C7H13N2P. The highest BCUT2D eigenvalue weighted by Gasteiger charge is 2.33. The van der Waals surface area contributed by atoms with Crippen molar-refractivity contribution < 1.29 is 0 Å². The van der Waals surface area contributed by atoms with Gasteiger partial charge in [0.2, 0.25) is 5.54 Å². The van der Waals surface area contributed by atoms with Gasteiger partial charge in [0.1, 0.15) is 0 Å². The first kappa shape index (κ1) is 7.98. The summed E-state index contributed by atoms with van der Waals surface area (Å²) < 4.78 is 2.20. The summed E-state index contributed by atoms with van der Waals surface area (Å²) in [5, 5.41) is 0. The van der Waals surface area contributed by atoms with Crippen molar-refractivity contribution in [2.24, 2.45) is 0 Å². The number of hydrogen-bond acceptors (Lipinski definition) is 1. The lowest BCUT2D eigenvalue weighted by Gasteiger charge is -2.28. The maximum atomic E-state index is 6.96. The highest BCUT2D eigenvalue weighted by Crippen LogP contribution is 2.26. The second kappa shape index (κ2) is 2.86. The molecular weight excluding hydrogens is 143 g/mol. The highest BCUT2D eigenvalue weighted by atomic mass is 31.0. The van der Waals surface area contributed by atoms with E-state index in [1.165, 1.54) is 0 Å². The minimum atomic E-state index is -0.0624. The van der Waals surface area contributed by atoms with Crippen LogP contribution < -0.4 is 0 Å². The lowest BCUT2D eigenvalue weighted by molar-refractivity contribution is 0.300. The van der Waals surface area contributed by atoms with Crippen LogP contribution in [0.4, 0.5) is 0 Å². The lowest BCUT2D eigenvalue weighted by atomic mass is 9.92. The van der Waals surface area contributed by atoms with Gasteiger partial charge in [0, 0.05) is 32.9 Å². The molecule has 1 rings (SSSR count). The molecule has 1 atom stereocenters. The van der Waals surface area contributed by atoms with Crippen molar-refractivity contribution in [3.05, 3.63) is 11.4 Å². The van der Waals surface area contributed by atoms with E-state index in [0.29, 0.717) is 0 Å². The average molecular weight is 156 g/mol. The summed E-state index contributed by atoms with van der Waals surface area (Å²) in [5.74, 6) is 0. The molecule has 0 aromatic carbocycles. The Morgan fingerprint density at radius 2 is 2.00 bits per heavy atom. The Bertz CT molecular complexity index is 153. The van der Waals surface area contributed by atoms with E-state index in [1.54, 1.807) is 0 Å². The zero-order valence-electron chi connectivity index (χ0n) is 6.30. The van der Waals surface area contributed by atoms with Crippen LogP contribution in [0.1, 0.15) is 19.8 Å². The largest absolute Gasteiger partial charge is 0.311 e. The first-order chi connectivity index (χ1) is 4.66. The van der Waals surface area contributed by atoms with Crippen molar-refractivity contribution in [2.45, 2.75) is 25.3 Å². The Morgan fingerprint density at radius 3 is 2.40 bits per heavy atom. The molecule has 1 heterocycles. The van der Waals surface area contributed by atoms with Crippen molar-refractivity contribution in [3.63, 3.8) is 0 Å². The molecule has 0 bridgehead atoms. The standard InChI is InChI=1S/C7H13N2P/c1-7(8-2)3-5-9(10)6-4-7/h3-6,10H2,1H3. The molecule has 2 nitrogen and oxygen atoms in total. The Kier molecular flexibility index (Phi) is 2.28. The quantitative estimate of drug-likeness (QED) is 0.381. The van der Waals surface area contributed by atoms with Crippen molar-refractivity contribution in [2.75, 3.05) is 13.1 Å². The first-order valence-corrected chi connectivity index (χ1v) is 4.06. The summed E-state index contributed by atoms with van der Waals surface area (Å²) in [4.78, 5) is 3.63. The fourth-order valence-corrected chi connectivity index (χ4v) is 1.38. The molecule has 56 valence electrons. The van der Waals surface area contributed by atoms with Gasteiger partial charge in [0.05, 0.1) is 0 Å². The van der Waals surface area contributed by atoms with Crippen molar-refractivity contribution in [1.82, 2.24) is 4.67 Å². The number of hydrogen-bond donors (Lipinski definition) is 0. The van der Waals surface area contributed by atoms with Crippen LogP contribution in [0.25, 0.3) is 4.85 Å². The van der Waals surface area contributed by atoms with E-state index in [9.17, 15) is 0 Å². The Balaban J connectivity index is 2.48. The van der Waals surface area contributed by atoms with Gasteiger partial charge in [-0.05, 0) is 0 Å². The Morgan fingerprint density at radius 1 is 1.50 bits per heavy atom. The van der Waals surface area contributed by atoms with Gasteiger partial charge >= 0.3 is 0 Å². The third kappa shape index (κ3) is 1.68. The summed E-state index contributed by atoms with van der Waals surface area (Å²) >= 11 is 0. The van der Waals surface area contributed by atoms with Crippen LogP contribution in [0.5, 0.6) is 0 Å². The minimum Gasteiger partial charge on any atom is -0.311 e. The topological polar surface area (TPSA) is 7.60 Å². The average Bonchev–Trinajstić information content (AvgIpc) is 1.96. The van der Waals surface area contributed by atoms with Gasteiger partial charge in [-0.15, -0.1) is 0 Å². The predicted octanol–water partition coefficient (Wildman–Crippen LogP) is 1.55. The van der Waals surface area contributed by atoms with Crippen LogP contribution in [-0.2, 0) is 0 Å². The SMILES string of the molecule is [C-]#[N+]C1(C)CCN(P)CC1. The van der Waals surface area contributed by atoms with E-state index < -0.39 is 0 Å². The molecule has 0 N–H and O–H groups in total. The zero-order valence-corrected chi connectivity index (χ0v) is 7.45. The molecule has 10 heavy (non-hydrogen) atoms. The van der Waals surface area contributed by atoms with Crippen LogP contribution in [-0.4, -0.2) is 23.3 Å². The highest BCUT2D eigenvalue weighted by molar-refractivity contribution is 7.13. The summed E-state index contributed by atoms with van der Waals surface area (Å²) in [5.41, 5.74) is -0.0624. The summed E-state index contributed by atoms with van der Waals surface area (Å²) in [6.45, 7) is 11.1. The molecule has 3 heteroatoms. The molecule has 0 saturated carbocycles. The third-order valence-electron chi connectivity index (χ3n) is 2.15. The van der Waals surface area contributed by atoms with Crippen molar-refractivity contribution in [3.8, 4) is 0 Å². The predicted molar refractivity (Wildman–Crippen MR) is 45.5 cm³/mol. The van der Waals surface area contributed by atoms with E-state index in [-0.39, 0.29) is 5.54 Å². The molecule has 0 aromatic heterocycles. The van der Waals surface area contributed by atoms with Gasteiger partial charge in [0.25, 0.3) is 0 Å². The van der Waals surface area contributed by atoms with Gasteiger partial charge in [0.15, 0.2) is 0 Å². The normalized spacial score (nSPS) is 25.7. The molecule has 1 saturated heterocycles. The van der Waals surface area contributed by atoms with E-state index >= 15 is 0 Å². The van der Waals surface area contributed by atoms with E-state index in [2.05, 4.69) is 25.8 Å². The summed E-state index contributed by atoms with van der Waals surface area (Å²) in [6.07, 6.45) is 2.03. The molecule has 0 radical (unpaired) electrons. The monoisotopic (exact) mass is 156 g/mol. The fourth-order valence-electron chi connectivity index (χ4n) is 1.12. The maximum Gasteiger partial charge on any atom is 0.232 e. The van der Waals surface area contributed by atoms with Crippen LogP contribution in [0.3, 0.4) is 0 Å². The lowest BCUT2D eigenvalue weighted by Crippen LogP contribution is -2.35. The fraction of sp³-hybridized carbons (Fsp3) is 0.857. The van der Waals surface area contributed by atoms with E-state index in [0.717, 1.165) is 25.9 Å². The van der Waals surface area contributed by atoms with Crippen LogP contribution >= 0.6 is 9.39 Å². The Hall–Kier alpha value is -0.120. The minimum absolute atomic E-state index is 0.0624. The first-order valence-electron chi connectivity index (χ1n) is 3.54. The van der Waals surface area contributed by atoms with Gasteiger partial charge in [-0.3, -0.25) is 4.67 Å². The zero-order chi connectivity index (χ0) is 7.61. The van der Waals surface area contributed by atoms with E-state index in [4.69, 9.17) is 6.57 Å². The van der Waals surface area contributed by atoms with Gasteiger partial charge in [-0.1, -0.05) is 9.39 Å². The molecule has 1 unspecified atom stereocenters. The second-order valence-electron chi connectivity index (χ2n) is 3.14.